The fourth-order valence-electron chi connectivity index (χ4n) is 3.32. The highest BCUT2D eigenvalue weighted by atomic mass is 32.2. The Morgan fingerprint density at radius 3 is 2.53 bits per heavy atom. The van der Waals surface area contributed by atoms with Crippen molar-refractivity contribution < 1.29 is 8.42 Å². The average molecular weight is 289 g/mol. The number of hydrogen-bond acceptors (Lipinski definition) is 3. The van der Waals surface area contributed by atoms with E-state index in [4.69, 9.17) is 5.73 Å². The van der Waals surface area contributed by atoms with Gasteiger partial charge in [0.1, 0.15) is 0 Å². The maximum atomic E-state index is 12.5. The van der Waals surface area contributed by atoms with E-state index in [9.17, 15) is 8.42 Å². The van der Waals surface area contributed by atoms with Gasteiger partial charge in [-0.05, 0) is 37.5 Å². The first-order chi connectivity index (χ1) is 8.95. The van der Waals surface area contributed by atoms with Crippen LogP contribution in [-0.4, -0.2) is 37.9 Å². The number of rotatable bonds is 4. The van der Waals surface area contributed by atoms with Crippen LogP contribution in [0.5, 0.6) is 0 Å². The summed E-state index contributed by atoms with van der Waals surface area (Å²) >= 11 is 0. The van der Waals surface area contributed by atoms with Gasteiger partial charge in [0.05, 0.1) is 0 Å². The highest BCUT2D eigenvalue weighted by molar-refractivity contribution is 7.87. The minimum absolute atomic E-state index is 0.0274. The molecule has 0 aromatic heterocycles. The third kappa shape index (κ3) is 3.29. The molecule has 1 saturated carbocycles. The van der Waals surface area contributed by atoms with Crippen molar-refractivity contribution in [2.75, 3.05) is 13.1 Å². The second kappa shape index (κ2) is 6.08. The van der Waals surface area contributed by atoms with E-state index < -0.39 is 10.2 Å². The third-order valence-electron chi connectivity index (χ3n) is 4.92. The summed E-state index contributed by atoms with van der Waals surface area (Å²) in [5.41, 5.74) is 5.71. The van der Waals surface area contributed by atoms with Gasteiger partial charge in [0.25, 0.3) is 10.2 Å². The maximum absolute atomic E-state index is 12.5. The van der Waals surface area contributed by atoms with Gasteiger partial charge in [0.15, 0.2) is 0 Å². The molecule has 0 amide bonds. The van der Waals surface area contributed by atoms with E-state index in [1.165, 1.54) is 0 Å². The molecule has 19 heavy (non-hydrogen) atoms. The smallest absolute Gasteiger partial charge is 0.280 e. The zero-order valence-corrected chi connectivity index (χ0v) is 12.8. The van der Waals surface area contributed by atoms with E-state index in [0.717, 1.165) is 32.1 Å². The van der Waals surface area contributed by atoms with Crippen LogP contribution in [0.3, 0.4) is 0 Å². The minimum Gasteiger partial charge on any atom is -0.329 e. The van der Waals surface area contributed by atoms with Crippen molar-refractivity contribution in [3.05, 3.63) is 0 Å². The number of nitrogens with two attached hydrogens (primary N) is 1. The largest absolute Gasteiger partial charge is 0.329 e. The Labute approximate surface area is 117 Å². The highest BCUT2D eigenvalue weighted by Gasteiger charge is 2.37. The fourth-order valence-corrected chi connectivity index (χ4v) is 5.12. The molecule has 1 saturated heterocycles. The molecule has 3 N–H and O–H groups in total. The summed E-state index contributed by atoms with van der Waals surface area (Å²) in [6, 6.07) is 0.0562. The predicted octanol–water partition coefficient (Wildman–Crippen LogP) is 1.07. The van der Waals surface area contributed by atoms with E-state index in [1.807, 2.05) is 0 Å². The summed E-state index contributed by atoms with van der Waals surface area (Å²) in [5, 5.41) is 0. The van der Waals surface area contributed by atoms with Crippen molar-refractivity contribution in [1.29, 1.82) is 0 Å². The summed E-state index contributed by atoms with van der Waals surface area (Å²) in [4.78, 5) is 0. The molecule has 1 aliphatic heterocycles. The van der Waals surface area contributed by atoms with Crippen LogP contribution in [0.15, 0.2) is 0 Å². The lowest BCUT2D eigenvalue weighted by molar-refractivity contribution is 0.251. The predicted molar refractivity (Wildman–Crippen MR) is 76.8 cm³/mol. The van der Waals surface area contributed by atoms with E-state index in [0.29, 0.717) is 24.9 Å². The highest BCUT2D eigenvalue weighted by Crippen LogP contribution is 2.32. The lowest BCUT2D eigenvalue weighted by Gasteiger charge is -2.35. The van der Waals surface area contributed by atoms with Crippen molar-refractivity contribution in [1.82, 2.24) is 9.03 Å². The molecule has 1 heterocycles. The lowest BCUT2D eigenvalue weighted by Crippen LogP contribution is -2.54. The molecule has 4 unspecified atom stereocenters. The lowest BCUT2D eigenvalue weighted by atomic mass is 9.98. The van der Waals surface area contributed by atoms with Crippen LogP contribution in [0.2, 0.25) is 0 Å². The molecule has 0 radical (unpaired) electrons. The molecule has 1 aliphatic carbocycles. The van der Waals surface area contributed by atoms with Crippen molar-refractivity contribution in [3.63, 3.8) is 0 Å². The van der Waals surface area contributed by atoms with E-state index in [-0.39, 0.29) is 12.1 Å². The number of nitrogens with zero attached hydrogens (tertiary/aromatic N) is 1. The average Bonchev–Trinajstić information content (AvgIpc) is 2.70. The Bertz CT molecular complexity index is 399. The van der Waals surface area contributed by atoms with Crippen molar-refractivity contribution in [2.45, 2.75) is 58.0 Å². The zero-order chi connectivity index (χ0) is 14.0. The molecule has 112 valence electrons. The molecule has 2 fully saturated rings. The molecule has 0 aromatic rings. The Morgan fingerprint density at radius 2 is 1.95 bits per heavy atom. The summed E-state index contributed by atoms with van der Waals surface area (Å²) in [5.74, 6) is 1.01. The molecule has 5 nitrogen and oxygen atoms in total. The quantitative estimate of drug-likeness (QED) is 0.813. The number of piperidine rings is 1. The monoisotopic (exact) mass is 289 g/mol. The Balaban J connectivity index is 2.05. The second-order valence-electron chi connectivity index (χ2n) is 6.14. The van der Waals surface area contributed by atoms with Gasteiger partial charge >= 0.3 is 0 Å². The van der Waals surface area contributed by atoms with E-state index in [2.05, 4.69) is 18.6 Å². The summed E-state index contributed by atoms with van der Waals surface area (Å²) in [6.07, 6.45) is 4.95. The van der Waals surface area contributed by atoms with Crippen LogP contribution in [0.4, 0.5) is 0 Å². The van der Waals surface area contributed by atoms with Crippen LogP contribution in [0, 0.1) is 11.8 Å². The molecule has 6 heteroatoms. The van der Waals surface area contributed by atoms with Gasteiger partial charge in [0, 0.05) is 25.2 Å². The molecular formula is C13H27N3O2S. The summed E-state index contributed by atoms with van der Waals surface area (Å²) in [6.45, 7) is 5.36. The van der Waals surface area contributed by atoms with Crippen LogP contribution in [-0.2, 0) is 10.2 Å². The van der Waals surface area contributed by atoms with E-state index in [1.54, 1.807) is 4.31 Å². The van der Waals surface area contributed by atoms with Crippen LogP contribution in [0.1, 0.15) is 46.0 Å². The van der Waals surface area contributed by atoms with Crippen molar-refractivity contribution in [3.8, 4) is 0 Å². The molecular weight excluding hydrogens is 262 g/mol. The standard InChI is InChI=1S/C13H27N3O2S/c1-10-6-7-13(11(10)2)15-19(17,18)16-8-4-3-5-12(16)9-14/h10-13,15H,3-9,14H2,1-2H3. The molecule has 0 bridgehead atoms. The van der Waals surface area contributed by atoms with Gasteiger partial charge in [-0.2, -0.15) is 17.4 Å². The van der Waals surface area contributed by atoms with Crippen LogP contribution in [0.25, 0.3) is 0 Å². The summed E-state index contributed by atoms with van der Waals surface area (Å²) in [7, 11) is -3.38. The molecule has 2 aliphatic rings. The van der Waals surface area contributed by atoms with Crippen LogP contribution >= 0.6 is 0 Å². The second-order valence-corrected chi connectivity index (χ2v) is 7.79. The van der Waals surface area contributed by atoms with Crippen LogP contribution < -0.4 is 10.5 Å². The first kappa shape index (κ1) is 15.2. The van der Waals surface area contributed by atoms with Gasteiger partial charge in [-0.25, -0.2) is 0 Å². The molecule has 0 spiro atoms. The zero-order valence-electron chi connectivity index (χ0n) is 12.0. The topological polar surface area (TPSA) is 75.4 Å². The first-order valence-corrected chi connectivity index (χ1v) is 8.89. The fraction of sp³-hybridized carbons (Fsp3) is 1.00. The number of nitrogens with one attached hydrogen (secondary N) is 1. The molecule has 4 atom stereocenters. The molecule has 0 aromatic carbocycles. The van der Waals surface area contributed by atoms with E-state index >= 15 is 0 Å². The van der Waals surface area contributed by atoms with Gasteiger partial charge in [-0.15, -0.1) is 0 Å². The van der Waals surface area contributed by atoms with Gasteiger partial charge in [0.2, 0.25) is 0 Å². The van der Waals surface area contributed by atoms with Crippen molar-refractivity contribution in [2.24, 2.45) is 17.6 Å². The van der Waals surface area contributed by atoms with Gasteiger partial charge in [-0.3, -0.25) is 0 Å². The minimum atomic E-state index is -3.38. The third-order valence-corrected chi connectivity index (χ3v) is 6.62. The van der Waals surface area contributed by atoms with Gasteiger partial charge < -0.3 is 5.73 Å². The normalized spacial score (nSPS) is 37.6. The Kier molecular flexibility index (Phi) is 4.87. The SMILES string of the molecule is CC1CCC(NS(=O)(=O)N2CCCCC2CN)C1C. The van der Waals surface area contributed by atoms with Gasteiger partial charge in [-0.1, -0.05) is 20.3 Å². The maximum Gasteiger partial charge on any atom is 0.280 e. The Hall–Kier alpha value is -0.170. The van der Waals surface area contributed by atoms with Crippen molar-refractivity contribution >= 4 is 10.2 Å². The summed E-state index contributed by atoms with van der Waals surface area (Å²) < 4.78 is 29.5. The number of hydrogen-bond donors (Lipinski definition) is 2. The molecule has 2 rings (SSSR count). The first-order valence-electron chi connectivity index (χ1n) is 7.45. The Morgan fingerprint density at radius 1 is 1.21 bits per heavy atom.